The molecule has 0 saturated carbocycles. The molecule has 0 radical (unpaired) electrons. The average molecular weight is 454 g/mol. The van der Waals surface area contributed by atoms with Crippen LogP contribution in [0.5, 0.6) is 0 Å². The molecular weight excluding hydrogens is 434 g/mol. The fraction of sp³-hybridized carbons (Fsp3) is 0.222. The number of hydrogen-bond acceptors (Lipinski definition) is 4. The molecule has 0 heterocycles. The number of carbonyl (C=O) groups is 2. The zero-order valence-corrected chi connectivity index (χ0v) is 17.2. The SMILES string of the molecule is CC(=O)Nc1ccc(S(=O)(=O)N[C@@H](C)C(=O)NCc2cccc(Br)c2)cc1. The normalized spacial score (nSPS) is 12.3. The molecule has 9 heteroatoms. The third-order valence-corrected chi connectivity index (χ3v) is 5.62. The van der Waals surface area contributed by atoms with E-state index in [2.05, 4.69) is 31.3 Å². The van der Waals surface area contributed by atoms with Crippen molar-refractivity contribution in [2.24, 2.45) is 0 Å². The maximum Gasteiger partial charge on any atom is 0.241 e. The summed E-state index contributed by atoms with van der Waals surface area (Å²) in [7, 11) is -3.87. The number of anilines is 1. The molecule has 0 aliphatic carbocycles. The maximum atomic E-state index is 12.4. The molecule has 7 nitrogen and oxygen atoms in total. The van der Waals surface area contributed by atoms with Crippen LogP contribution in [-0.2, 0) is 26.2 Å². The van der Waals surface area contributed by atoms with Crippen LogP contribution in [0.3, 0.4) is 0 Å². The third-order valence-electron chi connectivity index (χ3n) is 3.57. The van der Waals surface area contributed by atoms with E-state index in [0.29, 0.717) is 5.69 Å². The van der Waals surface area contributed by atoms with Gasteiger partial charge in [0.2, 0.25) is 21.8 Å². The van der Waals surface area contributed by atoms with Crippen LogP contribution in [0.1, 0.15) is 19.4 Å². The summed E-state index contributed by atoms with van der Waals surface area (Å²) in [5.41, 5.74) is 1.38. The first-order valence-corrected chi connectivity index (χ1v) is 10.4. The first kappa shape index (κ1) is 21.1. The Bertz CT molecular complexity index is 930. The zero-order chi connectivity index (χ0) is 20.0. The highest BCUT2D eigenvalue weighted by Gasteiger charge is 2.21. The van der Waals surface area contributed by atoms with Crippen molar-refractivity contribution in [2.45, 2.75) is 31.3 Å². The number of rotatable bonds is 7. The summed E-state index contributed by atoms with van der Waals surface area (Å²) in [6.45, 7) is 3.12. The molecule has 0 unspecified atom stereocenters. The number of hydrogen-bond donors (Lipinski definition) is 3. The molecule has 0 fully saturated rings. The zero-order valence-electron chi connectivity index (χ0n) is 14.8. The monoisotopic (exact) mass is 453 g/mol. The Labute approximate surface area is 166 Å². The molecule has 2 aromatic carbocycles. The van der Waals surface area contributed by atoms with E-state index >= 15 is 0 Å². The van der Waals surface area contributed by atoms with Gasteiger partial charge in [-0.25, -0.2) is 8.42 Å². The van der Waals surface area contributed by atoms with Crippen LogP contribution >= 0.6 is 15.9 Å². The van der Waals surface area contributed by atoms with Crippen LogP contribution in [-0.4, -0.2) is 26.3 Å². The Balaban J connectivity index is 1.97. The highest BCUT2D eigenvalue weighted by molar-refractivity contribution is 9.10. The molecule has 2 amide bonds. The number of halogens is 1. The molecular formula is C18H20BrN3O4S. The van der Waals surface area contributed by atoms with Crippen molar-refractivity contribution in [3.05, 3.63) is 58.6 Å². The second-order valence-electron chi connectivity index (χ2n) is 5.90. The Morgan fingerprint density at radius 2 is 1.78 bits per heavy atom. The van der Waals surface area contributed by atoms with Crippen molar-refractivity contribution in [3.8, 4) is 0 Å². The Morgan fingerprint density at radius 3 is 2.37 bits per heavy atom. The van der Waals surface area contributed by atoms with Gasteiger partial charge in [-0.3, -0.25) is 9.59 Å². The van der Waals surface area contributed by atoms with E-state index in [9.17, 15) is 18.0 Å². The highest BCUT2D eigenvalue weighted by atomic mass is 79.9. The van der Waals surface area contributed by atoms with Gasteiger partial charge < -0.3 is 10.6 Å². The lowest BCUT2D eigenvalue weighted by Gasteiger charge is -2.15. The molecule has 0 bridgehead atoms. The van der Waals surface area contributed by atoms with Crippen LogP contribution in [0.15, 0.2) is 57.9 Å². The second-order valence-corrected chi connectivity index (χ2v) is 8.53. The Kier molecular flexibility index (Phi) is 7.11. The quantitative estimate of drug-likeness (QED) is 0.598. The van der Waals surface area contributed by atoms with Crippen LogP contribution in [0.4, 0.5) is 5.69 Å². The van der Waals surface area contributed by atoms with Crippen LogP contribution in [0.2, 0.25) is 0 Å². The van der Waals surface area contributed by atoms with Gasteiger partial charge in [-0.15, -0.1) is 0 Å². The fourth-order valence-corrected chi connectivity index (χ4v) is 3.91. The van der Waals surface area contributed by atoms with Crippen LogP contribution in [0.25, 0.3) is 0 Å². The topological polar surface area (TPSA) is 104 Å². The van der Waals surface area contributed by atoms with Gasteiger partial charge in [0.15, 0.2) is 0 Å². The van der Waals surface area contributed by atoms with Crippen molar-refractivity contribution in [2.75, 3.05) is 5.32 Å². The molecule has 144 valence electrons. The van der Waals surface area contributed by atoms with Gasteiger partial charge in [0.25, 0.3) is 0 Å². The molecule has 3 N–H and O–H groups in total. The van der Waals surface area contributed by atoms with E-state index in [1.165, 1.54) is 38.1 Å². The van der Waals surface area contributed by atoms with Gasteiger partial charge >= 0.3 is 0 Å². The number of nitrogens with one attached hydrogen (secondary N) is 3. The molecule has 0 aliphatic rings. The lowest BCUT2D eigenvalue weighted by Crippen LogP contribution is -2.44. The standard InChI is InChI=1S/C18H20BrN3O4S/c1-12(18(24)20-11-14-4-3-5-15(19)10-14)22-27(25,26)17-8-6-16(7-9-17)21-13(2)23/h3-10,12,22H,11H2,1-2H3,(H,20,24)(H,21,23)/t12-/m0/s1. The molecule has 27 heavy (non-hydrogen) atoms. The minimum absolute atomic E-state index is 0.00300. The number of sulfonamides is 1. The van der Waals surface area contributed by atoms with Crippen molar-refractivity contribution < 1.29 is 18.0 Å². The third kappa shape index (κ3) is 6.46. The van der Waals surface area contributed by atoms with Crippen molar-refractivity contribution >= 4 is 43.5 Å². The van der Waals surface area contributed by atoms with E-state index in [1.54, 1.807) is 0 Å². The molecule has 0 aromatic heterocycles. The Morgan fingerprint density at radius 1 is 1.11 bits per heavy atom. The number of amides is 2. The van der Waals surface area contributed by atoms with Crippen molar-refractivity contribution in [1.82, 2.24) is 10.0 Å². The van der Waals surface area contributed by atoms with Gasteiger partial charge in [-0.2, -0.15) is 4.72 Å². The fourth-order valence-electron chi connectivity index (χ4n) is 2.26. The smallest absolute Gasteiger partial charge is 0.241 e. The summed E-state index contributed by atoms with van der Waals surface area (Å²) in [4.78, 5) is 23.2. The Hall–Kier alpha value is -2.23. The van der Waals surface area contributed by atoms with Gasteiger partial charge in [-0.05, 0) is 48.9 Å². The summed E-state index contributed by atoms with van der Waals surface area (Å²) in [5.74, 6) is -0.687. The minimum Gasteiger partial charge on any atom is -0.351 e. The average Bonchev–Trinajstić information content (AvgIpc) is 2.59. The highest BCUT2D eigenvalue weighted by Crippen LogP contribution is 2.15. The molecule has 2 rings (SSSR count). The van der Waals surface area contributed by atoms with Crippen LogP contribution < -0.4 is 15.4 Å². The molecule has 0 aliphatic heterocycles. The first-order valence-electron chi connectivity index (χ1n) is 8.09. The van der Waals surface area contributed by atoms with E-state index in [4.69, 9.17) is 0 Å². The van der Waals surface area contributed by atoms with Crippen molar-refractivity contribution in [3.63, 3.8) is 0 Å². The van der Waals surface area contributed by atoms with Crippen LogP contribution in [0, 0.1) is 0 Å². The maximum absolute atomic E-state index is 12.4. The van der Waals surface area contributed by atoms with E-state index in [-0.39, 0.29) is 17.3 Å². The summed E-state index contributed by atoms with van der Waals surface area (Å²) in [6.07, 6.45) is 0. The van der Waals surface area contributed by atoms with E-state index < -0.39 is 22.0 Å². The summed E-state index contributed by atoms with van der Waals surface area (Å²) >= 11 is 3.35. The predicted octanol–water partition coefficient (Wildman–Crippen LogP) is 2.39. The minimum atomic E-state index is -3.87. The lowest BCUT2D eigenvalue weighted by molar-refractivity contribution is -0.122. The van der Waals surface area contributed by atoms with Gasteiger partial charge in [0.05, 0.1) is 10.9 Å². The molecule has 1 atom stereocenters. The van der Waals surface area contributed by atoms with Crippen molar-refractivity contribution in [1.29, 1.82) is 0 Å². The first-order chi connectivity index (χ1) is 12.7. The number of benzene rings is 2. The second kappa shape index (κ2) is 9.12. The molecule has 0 saturated heterocycles. The largest absolute Gasteiger partial charge is 0.351 e. The molecule has 0 spiro atoms. The van der Waals surface area contributed by atoms with Gasteiger partial charge in [0.1, 0.15) is 0 Å². The predicted molar refractivity (Wildman–Crippen MR) is 107 cm³/mol. The summed E-state index contributed by atoms with van der Waals surface area (Å²) in [6, 6.07) is 12.2. The lowest BCUT2D eigenvalue weighted by atomic mass is 10.2. The van der Waals surface area contributed by atoms with Gasteiger partial charge in [0, 0.05) is 23.6 Å². The summed E-state index contributed by atoms with van der Waals surface area (Å²) in [5, 5.41) is 5.25. The van der Waals surface area contributed by atoms with E-state index in [1.807, 2.05) is 24.3 Å². The molecule has 2 aromatic rings. The van der Waals surface area contributed by atoms with Gasteiger partial charge in [-0.1, -0.05) is 28.1 Å². The number of carbonyl (C=O) groups excluding carboxylic acids is 2. The summed E-state index contributed by atoms with van der Waals surface area (Å²) < 4.78 is 28.1. The van der Waals surface area contributed by atoms with E-state index in [0.717, 1.165) is 10.0 Å².